The Kier molecular flexibility index (Phi) is 4.34. The van der Waals surface area contributed by atoms with Crippen molar-refractivity contribution >= 4 is 5.69 Å². The van der Waals surface area contributed by atoms with Crippen molar-refractivity contribution in [2.45, 2.75) is 32.1 Å². The lowest BCUT2D eigenvalue weighted by Gasteiger charge is -2.38. The molecule has 104 valence electrons. The van der Waals surface area contributed by atoms with Gasteiger partial charge in [-0.25, -0.2) is 0 Å². The summed E-state index contributed by atoms with van der Waals surface area (Å²) in [4.78, 5) is 9.25. The molecule has 2 heterocycles. The highest BCUT2D eigenvalue weighted by Gasteiger charge is 2.21. The summed E-state index contributed by atoms with van der Waals surface area (Å²) in [6, 6.07) is 4.24. The summed E-state index contributed by atoms with van der Waals surface area (Å²) in [7, 11) is 0. The maximum Gasteiger partial charge on any atom is 0.0397 e. The van der Waals surface area contributed by atoms with E-state index in [2.05, 4.69) is 26.9 Å². The van der Waals surface area contributed by atoms with Gasteiger partial charge in [-0.15, -0.1) is 0 Å². The average molecular weight is 259 g/mol. The van der Waals surface area contributed by atoms with E-state index in [0.717, 1.165) is 19.0 Å². The van der Waals surface area contributed by atoms with Gasteiger partial charge in [0.1, 0.15) is 0 Å². The highest BCUT2D eigenvalue weighted by Crippen LogP contribution is 2.25. The third kappa shape index (κ3) is 3.47. The Bertz CT molecular complexity index is 365. The fraction of sp³-hybridized carbons (Fsp3) is 0.688. The van der Waals surface area contributed by atoms with Crippen LogP contribution in [-0.2, 0) is 0 Å². The van der Waals surface area contributed by atoms with Crippen LogP contribution in [0.3, 0.4) is 0 Å². The van der Waals surface area contributed by atoms with E-state index in [1.54, 1.807) is 0 Å². The second-order valence-corrected chi connectivity index (χ2v) is 6.00. The molecule has 3 heteroatoms. The summed E-state index contributed by atoms with van der Waals surface area (Å²) in [6.45, 7) is 6.11. The molecular formula is C16H25N3. The van der Waals surface area contributed by atoms with E-state index in [1.165, 1.54) is 57.4 Å². The lowest BCUT2D eigenvalue weighted by atomic mass is 9.89. The zero-order valence-corrected chi connectivity index (χ0v) is 11.8. The fourth-order valence-corrected chi connectivity index (χ4v) is 3.48. The van der Waals surface area contributed by atoms with Crippen molar-refractivity contribution in [1.82, 2.24) is 9.88 Å². The van der Waals surface area contributed by atoms with Crippen LogP contribution >= 0.6 is 0 Å². The van der Waals surface area contributed by atoms with Crippen molar-refractivity contribution in [2.75, 3.05) is 37.6 Å². The van der Waals surface area contributed by atoms with Gasteiger partial charge in [-0.2, -0.15) is 0 Å². The molecule has 19 heavy (non-hydrogen) atoms. The van der Waals surface area contributed by atoms with Gasteiger partial charge in [0.15, 0.2) is 0 Å². The predicted molar refractivity (Wildman–Crippen MR) is 79.5 cm³/mol. The molecule has 3 nitrogen and oxygen atoms in total. The fourth-order valence-electron chi connectivity index (χ4n) is 3.48. The van der Waals surface area contributed by atoms with Crippen LogP contribution in [0.4, 0.5) is 5.69 Å². The number of hydrogen-bond donors (Lipinski definition) is 0. The first-order valence-corrected chi connectivity index (χ1v) is 7.79. The van der Waals surface area contributed by atoms with E-state index in [-0.39, 0.29) is 0 Å². The number of piperazine rings is 1. The zero-order chi connectivity index (χ0) is 12.9. The van der Waals surface area contributed by atoms with Crippen molar-refractivity contribution in [3.8, 4) is 0 Å². The molecule has 1 aromatic heterocycles. The quantitative estimate of drug-likeness (QED) is 0.832. The smallest absolute Gasteiger partial charge is 0.0397 e. The summed E-state index contributed by atoms with van der Waals surface area (Å²) in [5, 5.41) is 0. The molecular weight excluding hydrogens is 234 g/mol. The molecule has 2 aliphatic rings. The van der Waals surface area contributed by atoms with E-state index in [9.17, 15) is 0 Å². The Morgan fingerprint density at radius 3 is 2.32 bits per heavy atom. The number of hydrogen-bond acceptors (Lipinski definition) is 3. The molecule has 1 aliphatic carbocycles. The Balaban J connectivity index is 1.46. The zero-order valence-electron chi connectivity index (χ0n) is 11.8. The van der Waals surface area contributed by atoms with Crippen LogP contribution in [0, 0.1) is 5.92 Å². The van der Waals surface area contributed by atoms with Gasteiger partial charge in [0, 0.05) is 50.8 Å². The van der Waals surface area contributed by atoms with Gasteiger partial charge in [0.05, 0.1) is 0 Å². The standard InChI is InChI=1S/C16H25N3/c1-2-4-15(5-3-1)14-18-10-12-19(13-11-18)16-6-8-17-9-7-16/h6-9,15H,1-5,10-14H2. The third-order valence-electron chi connectivity index (χ3n) is 4.64. The van der Waals surface area contributed by atoms with E-state index >= 15 is 0 Å². The van der Waals surface area contributed by atoms with Crippen molar-refractivity contribution in [2.24, 2.45) is 5.92 Å². The maximum atomic E-state index is 4.10. The molecule has 0 bridgehead atoms. The molecule has 0 atom stereocenters. The molecule has 1 aromatic rings. The third-order valence-corrected chi connectivity index (χ3v) is 4.64. The number of aromatic nitrogens is 1. The van der Waals surface area contributed by atoms with Gasteiger partial charge in [-0.05, 0) is 30.9 Å². The Labute approximate surface area is 116 Å². The van der Waals surface area contributed by atoms with Crippen LogP contribution in [0.5, 0.6) is 0 Å². The van der Waals surface area contributed by atoms with Crippen molar-refractivity contribution < 1.29 is 0 Å². The van der Waals surface area contributed by atoms with Gasteiger partial charge in [0.25, 0.3) is 0 Å². The largest absolute Gasteiger partial charge is 0.369 e. The minimum atomic E-state index is 0.973. The lowest BCUT2D eigenvalue weighted by Crippen LogP contribution is -2.48. The molecule has 3 rings (SSSR count). The number of pyridine rings is 1. The second kappa shape index (κ2) is 6.38. The molecule has 1 aliphatic heterocycles. The van der Waals surface area contributed by atoms with Gasteiger partial charge in [0.2, 0.25) is 0 Å². The first kappa shape index (κ1) is 12.9. The molecule has 0 radical (unpaired) electrons. The SMILES string of the molecule is c1cc(N2CCN(CC3CCCCC3)CC2)ccn1. The van der Waals surface area contributed by atoms with E-state index < -0.39 is 0 Å². The predicted octanol–water partition coefficient (Wildman–Crippen LogP) is 2.78. The Hall–Kier alpha value is -1.09. The normalized spacial score (nSPS) is 22.6. The molecule has 0 unspecified atom stereocenters. The molecule has 0 amide bonds. The number of anilines is 1. The average Bonchev–Trinajstić information content (AvgIpc) is 2.50. The van der Waals surface area contributed by atoms with E-state index in [1.807, 2.05) is 12.4 Å². The highest BCUT2D eigenvalue weighted by molar-refractivity contribution is 5.44. The topological polar surface area (TPSA) is 19.4 Å². The van der Waals surface area contributed by atoms with Gasteiger partial charge < -0.3 is 4.90 Å². The minimum Gasteiger partial charge on any atom is -0.369 e. The summed E-state index contributed by atoms with van der Waals surface area (Å²) in [5.74, 6) is 0.973. The van der Waals surface area contributed by atoms with E-state index in [4.69, 9.17) is 0 Å². The Morgan fingerprint density at radius 2 is 1.63 bits per heavy atom. The van der Waals surface area contributed by atoms with Crippen LogP contribution in [0.15, 0.2) is 24.5 Å². The van der Waals surface area contributed by atoms with Gasteiger partial charge >= 0.3 is 0 Å². The monoisotopic (exact) mass is 259 g/mol. The summed E-state index contributed by atoms with van der Waals surface area (Å²) >= 11 is 0. The molecule has 1 saturated heterocycles. The first-order chi connectivity index (χ1) is 9.42. The molecule has 1 saturated carbocycles. The van der Waals surface area contributed by atoms with Gasteiger partial charge in [-0.1, -0.05) is 19.3 Å². The lowest BCUT2D eigenvalue weighted by molar-refractivity contribution is 0.192. The van der Waals surface area contributed by atoms with Crippen molar-refractivity contribution in [1.29, 1.82) is 0 Å². The van der Waals surface area contributed by atoms with Crippen LogP contribution in [0.1, 0.15) is 32.1 Å². The van der Waals surface area contributed by atoms with Crippen LogP contribution in [0.25, 0.3) is 0 Å². The number of rotatable bonds is 3. The second-order valence-electron chi connectivity index (χ2n) is 6.00. The molecule has 0 aromatic carbocycles. The van der Waals surface area contributed by atoms with E-state index in [0.29, 0.717) is 0 Å². The summed E-state index contributed by atoms with van der Waals surface area (Å²) in [5.41, 5.74) is 1.33. The molecule has 0 spiro atoms. The van der Waals surface area contributed by atoms with Gasteiger partial charge in [-0.3, -0.25) is 9.88 Å². The van der Waals surface area contributed by atoms with Crippen LogP contribution < -0.4 is 4.90 Å². The van der Waals surface area contributed by atoms with Crippen molar-refractivity contribution in [3.05, 3.63) is 24.5 Å². The van der Waals surface area contributed by atoms with Crippen molar-refractivity contribution in [3.63, 3.8) is 0 Å². The molecule has 0 N–H and O–H groups in total. The number of nitrogens with zero attached hydrogens (tertiary/aromatic N) is 3. The minimum absolute atomic E-state index is 0.973. The Morgan fingerprint density at radius 1 is 0.947 bits per heavy atom. The summed E-state index contributed by atoms with van der Waals surface area (Å²) in [6.07, 6.45) is 11.1. The maximum absolute atomic E-state index is 4.10. The molecule has 2 fully saturated rings. The first-order valence-electron chi connectivity index (χ1n) is 7.79. The summed E-state index contributed by atoms with van der Waals surface area (Å²) < 4.78 is 0. The van der Waals surface area contributed by atoms with Crippen LogP contribution in [0.2, 0.25) is 0 Å². The highest BCUT2D eigenvalue weighted by atomic mass is 15.3. The van der Waals surface area contributed by atoms with Crippen LogP contribution in [-0.4, -0.2) is 42.6 Å².